The summed E-state index contributed by atoms with van der Waals surface area (Å²) in [5.74, 6) is -1.03. The molecule has 3 nitrogen and oxygen atoms in total. The van der Waals surface area contributed by atoms with Crippen molar-refractivity contribution in [1.82, 2.24) is 0 Å². The van der Waals surface area contributed by atoms with E-state index in [1.807, 2.05) is 0 Å². The van der Waals surface area contributed by atoms with Crippen molar-refractivity contribution in [2.45, 2.75) is 11.4 Å². The van der Waals surface area contributed by atoms with Crippen LogP contribution in [0.5, 0.6) is 0 Å². The van der Waals surface area contributed by atoms with Crippen LogP contribution in [0.1, 0.15) is 6.42 Å². The van der Waals surface area contributed by atoms with Crippen LogP contribution in [0.15, 0.2) is 23.0 Å². The molecular weight excluding hydrogens is 208 g/mol. The van der Waals surface area contributed by atoms with Gasteiger partial charge < -0.3 is 0 Å². The highest BCUT2D eigenvalue weighted by atomic mass is 35.5. The van der Waals surface area contributed by atoms with Gasteiger partial charge in [0.05, 0.1) is 11.3 Å². The molecule has 0 amide bonds. The lowest BCUT2D eigenvalue weighted by atomic mass is 10.1. The van der Waals surface area contributed by atoms with Crippen molar-refractivity contribution < 1.29 is 9.31 Å². The molecule has 1 unspecified atom stereocenters. The van der Waals surface area contributed by atoms with Crippen molar-refractivity contribution in [2.24, 2.45) is 0 Å². The maximum atomic E-state index is 12.9. The number of allylic oxidation sites excluding steroid dienone is 2. The molecule has 1 aliphatic carbocycles. The predicted octanol–water partition coefficient (Wildman–Crippen LogP) is 2.58. The van der Waals surface area contributed by atoms with Crippen LogP contribution in [-0.4, -0.2) is 9.92 Å². The van der Waals surface area contributed by atoms with Crippen LogP contribution in [0.3, 0.4) is 0 Å². The zero-order valence-electron chi connectivity index (χ0n) is 5.76. The molecule has 0 radical (unpaired) electrons. The summed E-state index contributed by atoms with van der Waals surface area (Å²) in [4.78, 5) is 7.28. The minimum absolute atomic E-state index is 0.130. The Labute approximate surface area is 77.6 Å². The summed E-state index contributed by atoms with van der Waals surface area (Å²) >= 11 is 10.8. The van der Waals surface area contributed by atoms with E-state index in [-0.39, 0.29) is 11.5 Å². The smallest absolute Gasteiger partial charge is 0.262 e. The number of hydrogen-bond donors (Lipinski definition) is 0. The van der Waals surface area contributed by atoms with Crippen molar-refractivity contribution >= 4 is 23.2 Å². The van der Waals surface area contributed by atoms with E-state index in [0.717, 1.165) is 6.08 Å². The fraction of sp³-hybridized carbons (Fsp3) is 0.333. The third kappa shape index (κ3) is 1.44. The van der Waals surface area contributed by atoms with Gasteiger partial charge in [-0.05, 0) is 17.7 Å². The van der Waals surface area contributed by atoms with E-state index in [1.54, 1.807) is 0 Å². The highest BCUT2D eigenvalue weighted by Gasteiger charge is 2.46. The van der Waals surface area contributed by atoms with Crippen LogP contribution in [0.4, 0.5) is 4.39 Å². The number of nitro groups is 1. The lowest BCUT2D eigenvalue weighted by Crippen LogP contribution is -2.33. The molecule has 0 heterocycles. The highest BCUT2D eigenvalue weighted by Crippen LogP contribution is 2.36. The summed E-state index contributed by atoms with van der Waals surface area (Å²) in [5.41, 5.74) is 0. The number of rotatable bonds is 1. The Bertz CT molecular complexity index is 289. The minimum atomic E-state index is -2.15. The number of nitrogens with zero attached hydrogens (tertiary/aromatic N) is 1. The molecule has 0 fully saturated rings. The van der Waals surface area contributed by atoms with Crippen LogP contribution in [0, 0.1) is 10.1 Å². The molecular formula is C6H4Cl2FNO2. The third-order valence-electron chi connectivity index (χ3n) is 1.49. The van der Waals surface area contributed by atoms with E-state index in [4.69, 9.17) is 23.2 Å². The molecule has 0 bridgehead atoms. The van der Waals surface area contributed by atoms with Gasteiger partial charge in [-0.1, -0.05) is 17.7 Å². The topological polar surface area (TPSA) is 43.1 Å². The Hall–Kier alpha value is -0.610. The number of hydrogen-bond acceptors (Lipinski definition) is 2. The van der Waals surface area contributed by atoms with Crippen LogP contribution in [-0.2, 0) is 0 Å². The maximum Gasteiger partial charge on any atom is 0.349 e. The lowest BCUT2D eigenvalue weighted by Gasteiger charge is -2.17. The fourth-order valence-electron chi connectivity index (χ4n) is 0.783. The zero-order valence-corrected chi connectivity index (χ0v) is 7.27. The average Bonchev–Trinajstić information content (AvgIpc) is 1.97. The van der Waals surface area contributed by atoms with Crippen LogP contribution in [0.2, 0.25) is 0 Å². The molecule has 0 spiro atoms. The monoisotopic (exact) mass is 211 g/mol. The van der Waals surface area contributed by atoms with E-state index in [0.29, 0.717) is 0 Å². The maximum absolute atomic E-state index is 12.9. The molecule has 1 atom stereocenters. The van der Waals surface area contributed by atoms with Gasteiger partial charge >= 0.3 is 5.00 Å². The normalized spacial score (nSPS) is 29.2. The van der Waals surface area contributed by atoms with Gasteiger partial charge in [-0.3, -0.25) is 10.1 Å². The lowest BCUT2D eigenvalue weighted by molar-refractivity contribution is -0.533. The minimum Gasteiger partial charge on any atom is -0.262 e. The van der Waals surface area contributed by atoms with Gasteiger partial charge in [0.1, 0.15) is 0 Å². The summed E-state index contributed by atoms with van der Waals surface area (Å²) in [7, 11) is 0. The Morgan fingerprint density at radius 3 is 2.75 bits per heavy atom. The van der Waals surface area contributed by atoms with Crippen LogP contribution >= 0.6 is 23.2 Å². The summed E-state index contributed by atoms with van der Waals surface area (Å²) in [5, 5.41) is 10.4. The molecule has 1 aliphatic rings. The molecule has 0 aromatic heterocycles. The molecule has 0 aromatic rings. The van der Waals surface area contributed by atoms with E-state index in [9.17, 15) is 14.5 Å². The standard InChI is InChI=1S/C6H4Cl2FNO2/c7-4-1-2-6(8,10(11)12)5(9)3-4/h1,3H,2H2. The van der Waals surface area contributed by atoms with Crippen molar-refractivity contribution in [2.75, 3.05) is 0 Å². The van der Waals surface area contributed by atoms with Gasteiger partial charge in [0.25, 0.3) is 0 Å². The quantitative estimate of drug-likeness (QED) is 0.290. The second kappa shape index (κ2) is 3.03. The Morgan fingerprint density at radius 2 is 2.33 bits per heavy atom. The van der Waals surface area contributed by atoms with Gasteiger partial charge in [-0.2, -0.15) is 0 Å². The fourth-order valence-corrected chi connectivity index (χ4v) is 1.09. The summed E-state index contributed by atoms with van der Waals surface area (Å²) in [6.07, 6.45) is 1.92. The van der Waals surface area contributed by atoms with Crippen molar-refractivity contribution in [3.05, 3.63) is 33.1 Å². The van der Waals surface area contributed by atoms with Gasteiger partial charge in [-0.15, -0.1) is 0 Å². The van der Waals surface area contributed by atoms with Crippen LogP contribution < -0.4 is 0 Å². The molecule has 6 heteroatoms. The third-order valence-corrected chi connectivity index (χ3v) is 2.22. The van der Waals surface area contributed by atoms with E-state index >= 15 is 0 Å². The second-order valence-corrected chi connectivity index (χ2v) is 3.36. The first-order valence-electron chi connectivity index (χ1n) is 3.03. The molecule has 12 heavy (non-hydrogen) atoms. The van der Waals surface area contributed by atoms with Gasteiger partial charge in [0.2, 0.25) is 0 Å². The molecule has 0 aromatic carbocycles. The molecule has 0 N–H and O–H groups in total. The summed E-state index contributed by atoms with van der Waals surface area (Å²) < 4.78 is 12.9. The first kappa shape index (κ1) is 9.48. The van der Waals surface area contributed by atoms with Gasteiger partial charge in [0.15, 0.2) is 5.83 Å². The molecule has 0 aliphatic heterocycles. The van der Waals surface area contributed by atoms with Gasteiger partial charge in [0, 0.05) is 5.03 Å². The van der Waals surface area contributed by atoms with Gasteiger partial charge in [-0.25, -0.2) is 4.39 Å². The number of alkyl halides is 1. The number of halogens is 3. The average molecular weight is 212 g/mol. The zero-order chi connectivity index (χ0) is 9.35. The van der Waals surface area contributed by atoms with E-state index < -0.39 is 15.7 Å². The first-order valence-corrected chi connectivity index (χ1v) is 3.79. The predicted molar refractivity (Wildman–Crippen MR) is 43.3 cm³/mol. The Balaban J connectivity index is 3.01. The SMILES string of the molecule is O=[N+]([O-])C1(Cl)CC=C(Cl)C=C1F. The Morgan fingerprint density at radius 1 is 1.75 bits per heavy atom. The largest absolute Gasteiger partial charge is 0.349 e. The Kier molecular flexibility index (Phi) is 2.39. The second-order valence-electron chi connectivity index (χ2n) is 2.30. The summed E-state index contributed by atoms with van der Waals surface area (Å²) in [6, 6.07) is 0. The van der Waals surface area contributed by atoms with Crippen molar-refractivity contribution in [3.8, 4) is 0 Å². The van der Waals surface area contributed by atoms with E-state index in [1.165, 1.54) is 6.08 Å². The molecule has 0 saturated heterocycles. The first-order chi connectivity index (χ1) is 5.47. The molecule has 1 rings (SSSR count). The van der Waals surface area contributed by atoms with Crippen LogP contribution in [0.25, 0.3) is 0 Å². The highest BCUT2D eigenvalue weighted by molar-refractivity contribution is 6.32. The molecule has 66 valence electrons. The molecule has 0 saturated carbocycles. The van der Waals surface area contributed by atoms with Crippen molar-refractivity contribution in [3.63, 3.8) is 0 Å². The van der Waals surface area contributed by atoms with Crippen molar-refractivity contribution in [1.29, 1.82) is 0 Å². The summed E-state index contributed by atoms with van der Waals surface area (Å²) in [6.45, 7) is 0. The van der Waals surface area contributed by atoms with E-state index in [2.05, 4.69) is 0 Å².